The Morgan fingerprint density at radius 2 is 1.88 bits per heavy atom. The van der Waals surface area contributed by atoms with E-state index in [1.165, 1.54) is 12.4 Å². The molecule has 1 N–H and O–H groups in total. The number of aromatic nitrogens is 2. The Labute approximate surface area is 145 Å². The molecule has 0 spiro atoms. The van der Waals surface area contributed by atoms with Gasteiger partial charge in [-0.1, -0.05) is 18.2 Å². The highest BCUT2D eigenvalue weighted by Crippen LogP contribution is 2.38. The number of Topliss-reactive ketones (excluding diaryl/α,β-unsaturated/α-hetero) is 1. The third-order valence-electron chi connectivity index (χ3n) is 3.87. The van der Waals surface area contributed by atoms with Crippen molar-refractivity contribution >= 4 is 23.4 Å². The van der Waals surface area contributed by atoms with E-state index in [1.54, 1.807) is 45.0 Å². The molecule has 0 radical (unpaired) electrons. The number of carbonyl (C=O) groups is 3. The van der Waals surface area contributed by atoms with Gasteiger partial charge in [0, 0.05) is 12.2 Å². The lowest BCUT2D eigenvalue weighted by atomic mass is 9.94. The molecule has 25 heavy (non-hydrogen) atoms. The molecule has 0 aliphatic carbocycles. The molecule has 1 aliphatic rings. The summed E-state index contributed by atoms with van der Waals surface area (Å²) in [4.78, 5) is 47.3. The number of hydrogen-bond acceptors (Lipinski definition) is 5. The maximum absolute atomic E-state index is 12.9. The molecule has 1 aromatic heterocycles. The number of aryl methyl sites for hydroxylation is 1. The van der Waals surface area contributed by atoms with Crippen LogP contribution in [0.15, 0.2) is 36.7 Å². The summed E-state index contributed by atoms with van der Waals surface area (Å²) in [6.45, 7) is 5.36. The van der Waals surface area contributed by atoms with Gasteiger partial charge in [-0.2, -0.15) is 0 Å². The highest BCUT2D eigenvalue weighted by Gasteiger charge is 2.45. The summed E-state index contributed by atoms with van der Waals surface area (Å²) in [5.74, 6) is -2.14. The molecule has 3 rings (SSSR count). The van der Waals surface area contributed by atoms with Crippen molar-refractivity contribution in [1.82, 2.24) is 15.3 Å². The predicted octanol–water partition coefficient (Wildman–Crippen LogP) is 2.22. The fourth-order valence-electron chi connectivity index (χ4n) is 2.76. The van der Waals surface area contributed by atoms with Crippen LogP contribution in [0.1, 0.15) is 41.5 Å². The number of nitrogens with one attached hydrogen (secondary N) is 1. The third kappa shape index (κ3) is 3.00. The fourth-order valence-corrected chi connectivity index (χ4v) is 2.76. The van der Waals surface area contributed by atoms with Crippen LogP contribution in [-0.4, -0.2) is 33.7 Å². The van der Waals surface area contributed by atoms with Gasteiger partial charge in [0.2, 0.25) is 0 Å². The first-order chi connectivity index (χ1) is 11.9. The van der Waals surface area contributed by atoms with E-state index >= 15 is 0 Å². The molecule has 0 saturated heterocycles. The lowest BCUT2D eigenvalue weighted by Crippen LogP contribution is -2.46. The predicted molar refractivity (Wildman–Crippen MR) is 91.4 cm³/mol. The number of benzene rings is 1. The molecule has 0 bridgehead atoms. The number of imide groups is 1. The van der Waals surface area contributed by atoms with Crippen LogP contribution in [0.5, 0.6) is 0 Å². The van der Waals surface area contributed by atoms with E-state index in [0.717, 1.165) is 4.90 Å². The number of fused-ring (bicyclic) bond motifs is 1. The van der Waals surface area contributed by atoms with Gasteiger partial charge in [0.05, 0.1) is 17.6 Å². The maximum Gasteiger partial charge on any atom is 0.328 e. The number of nitrogens with zero attached hydrogens (tertiary/aromatic N) is 3. The quantitative estimate of drug-likeness (QED) is 0.684. The number of anilines is 1. The van der Waals surface area contributed by atoms with Crippen LogP contribution in [0.3, 0.4) is 0 Å². The molecule has 1 unspecified atom stereocenters. The van der Waals surface area contributed by atoms with Crippen molar-refractivity contribution in [3.8, 4) is 0 Å². The van der Waals surface area contributed by atoms with E-state index in [4.69, 9.17) is 0 Å². The van der Waals surface area contributed by atoms with Crippen LogP contribution in [0.2, 0.25) is 0 Å². The monoisotopic (exact) mass is 338 g/mol. The third-order valence-corrected chi connectivity index (χ3v) is 3.87. The molecule has 0 saturated carbocycles. The van der Waals surface area contributed by atoms with Gasteiger partial charge in [-0.25, -0.2) is 14.7 Å². The summed E-state index contributed by atoms with van der Waals surface area (Å²) in [6.07, 6.45) is 2.83. The van der Waals surface area contributed by atoms with E-state index in [9.17, 15) is 14.4 Å². The van der Waals surface area contributed by atoms with Crippen molar-refractivity contribution in [2.75, 3.05) is 4.90 Å². The Hall–Kier alpha value is -3.09. The van der Waals surface area contributed by atoms with Crippen LogP contribution >= 0.6 is 0 Å². The molecular weight excluding hydrogens is 320 g/mol. The lowest BCUT2D eigenvalue weighted by molar-refractivity contribution is -0.117. The van der Waals surface area contributed by atoms with Crippen molar-refractivity contribution in [1.29, 1.82) is 0 Å². The maximum atomic E-state index is 12.9. The Morgan fingerprint density at radius 3 is 2.52 bits per heavy atom. The number of carbonyl (C=O) groups excluding carboxylic acids is 3. The van der Waals surface area contributed by atoms with Gasteiger partial charge >= 0.3 is 6.03 Å². The Bertz CT molecular complexity index is 846. The standard InChI is InChI=1S/C18H18N4O3/c1-10(2)21-18(25)22-14-7-5-4-6-12(14)15(17(22)24)16(23)13-9-19-11(3)8-20-13/h4-10,15H,1-3H3,(H,21,25). The summed E-state index contributed by atoms with van der Waals surface area (Å²) in [6, 6.07) is 6.11. The summed E-state index contributed by atoms with van der Waals surface area (Å²) in [5, 5.41) is 2.69. The molecule has 1 atom stereocenters. The number of ketones is 1. The minimum Gasteiger partial charge on any atom is -0.335 e. The molecule has 7 heteroatoms. The molecule has 2 heterocycles. The molecular formula is C18H18N4O3. The van der Waals surface area contributed by atoms with Crippen LogP contribution in [0.4, 0.5) is 10.5 Å². The number of para-hydroxylation sites is 1. The molecule has 1 aliphatic heterocycles. The second-order valence-corrected chi connectivity index (χ2v) is 6.18. The van der Waals surface area contributed by atoms with Crippen LogP contribution in [0.25, 0.3) is 0 Å². The van der Waals surface area contributed by atoms with Gasteiger partial charge in [-0.15, -0.1) is 0 Å². The zero-order valence-corrected chi connectivity index (χ0v) is 14.2. The summed E-state index contributed by atoms with van der Waals surface area (Å²) >= 11 is 0. The van der Waals surface area contributed by atoms with Crippen molar-refractivity contribution < 1.29 is 14.4 Å². The Morgan fingerprint density at radius 1 is 1.16 bits per heavy atom. The van der Waals surface area contributed by atoms with Gasteiger partial charge in [0.15, 0.2) is 5.78 Å². The van der Waals surface area contributed by atoms with Crippen molar-refractivity contribution in [2.45, 2.75) is 32.7 Å². The van der Waals surface area contributed by atoms with Gasteiger partial charge in [-0.05, 0) is 32.4 Å². The van der Waals surface area contributed by atoms with E-state index in [2.05, 4.69) is 15.3 Å². The molecule has 2 aromatic rings. The van der Waals surface area contributed by atoms with Gasteiger partial charge < -0.3 is 5.32 Å². The second-order valence-electron chi connectivity index (χ2n) is 6.18. The average molecular weight is 338 g/mol. The minimum absolute atomic E-state index is 0.102. The molecule has 3 amide bonds. The topological polar surface area (TPSA) is 92.3 Å². The van der Waals surface area contributed by atoms with E-state index in [-0.39, 0.29) is 11.7 Å². The van der Waals surface area contributed by atoms with Crippen LogP contribution in [0, 0.1) is 6.92 Å². The second kappa shape index (κ2) is 6.43. The van der Waals surface area contributed by atoms with Crippen LogP contribution in [-0.2, 0) is 4.79 Å². The SMILES string of the molecule is Cc1cnc(C(=O)C2C(=O)N(C(=O)NC(C)C)c3ccccc32)cn1. The zero-order valence-electron chi connectivity index (χ0n) is 14.2. The molecule has 0 fully saturated rings. The lowest BCUT2D eigenvalue weighted by Gasteiger charge is -2.18. The molecule has 7 nitrogen and oxygen atoms in total. The fraction of sp³-hybridized carbons (Fsp3) is 0.278. The van der Waals surface area contributed by atoms with E-state index in [0.29, 0.717) is 16.9 Å². The first-order valence-corrected chi connectivity index (χ1v) is 7.96. The first-order valence-electron chi connectivity index (χ1n) is 7.96. The van der Waals surface area contributed by atoms with E-state index < -0.39 is 23.6 Å². The summed E-state index contributed by atoms with van der Waals surface area (Å²) < 4.78 is 0. The highest BCUT2D eigenvalue weighted by molar-refractivity contribution is 6.29. The number of amides is 3. The molecule has 128 valence electrons. The number of hydrogen-bond donors (Lipinski definition) is 1. The first kappa shape index (κ1) is 16.8. The van der Waals surface area contributed by atoms with Crippen molar-refractivity contribution in [2.24, 2.45) is 0 Å². The summed E-state index contributed by atoms with van der Waals surface area (Å²) in [7, 11) is 0. The van der Waals surface area contributed by atoms with Gasteiger partial charge in [0.1, 0.15) is 11.6 Å². The largest absolute Gasteiger partial charge is 0.335 e. The average Bonchev–Trinajstić information content (AvgIpc) is 2.86. The minimum atomic E-state index is -1.09. The van der Waals surface area contributed by atoms with Gasteiger partial charge in [0.25, 0.3) is 5.91 Å². The zero-order chi connectivity index (χ0) is 18.1. The number of urea groups is 1. The van der Waals surface area contributed by atoms with E-state index in [1.807, 2.05) is 0 Å². The Balaban J connectivity index is 2.01. The smallest absolute Gasteiger partial charge is 0.328 e. The van der Waals surface area contributed by atoms with Gasteiger partial charge in [-0.3, -0.25) is 14.6 Å². The molecule has 1 aromatic carbocycles. The number of rotatable bonds is 3. The highest BCUT2D eigenvalue weighted by atomic mass is 16.2. The van der Waals surface area contributed by atoms with Crippen LogP contribution < -0.4 is 10.2 Å². The van der Waals surface area contributed by atoms with Crippen molar-refractivity contribution in [3.63, 3.8) is 0 Å². The Kier molecular flexibility index (Phi) is 4.31. The van der Waals surface area contributed by atoms with Crippen molar-refractivity contribution in [3.05, 3.63) is 53.6 Å². The summed E-state index contributed by atoms with van der Waals surface area (Å²) in [5.41, 5.74) is 1.69. The normalized spacial score (nSPS) is 16.1.